The van der Waals surface area contributed by atoms with Crippen LogP contribution in [0.1, 0.15) is 17.2 Å². The molecule has 1 unspecified atom stereocenters. The van der Waals surface area contributed by atoms with Crippen LogP contribution in [0.4, 0.5) is 24.7 Å². The van der Waals surface area contributed by atoms with E-state index in [4.69, 9.17) is 5.41 Å². The standard InChI is InChI=1S/C18H19F3N4O3/c19-18(20,21)28-12-3-1-11(2-4-12)25-17-15(16(22)10-7-23-8-10)13(5-6-24-17)14(27)9-26/h1-6,10,14,22-23,26-27H,7-9H2,(H,24,25). The quantitative estimate of drug-likeness (QED) is 0.460. The minimum absolute atomic E-state index is 0.0584. The molecule has 1 atom stereocenters. The molecule has 28 heavy (non-hydrogen) atoms. The monoisotopic (exact) mass is 396 g/mol. The van der Waals surface area contributed by atoms with Gasteiger partial charge in [0, 0.05) is 42.2 Å². The Morgan fingerprint density at radius 2 is 1.96 bits per heavy atom. The molecule has 0 bridgehead atoms. The number of aromatic nitrogens is 1. The number of halogens is 3. The van der Waals surface area contributed by atoms with Crippen molar-refractivity contribution in [3.63, 3.8) is 0 Å². The van der Waals surface area contributed by atoms with Crippen LogP contribution in [-0.4, -0.2) is 47.0 Å². The third-order valence-electron chi connectivity index (χ3n) is 4.32. The van der Waals surface area contributed by atoms with Crippen molar-refractivity contribution in [1.29, 1.82) is 5.41 Å². The number of alkyl halides is 3. The van der Waals surface area contributed by atoms with Gasteiger partial charge in [-0.2, -0.15) is 0 Å². The maximum Gasteiger partial charge on any atom is 0.573 e. The smallest absolute Gasteiger partial charge is 0.406 e. The largest absolute Gasteiger partial charge is 0.573 e. The van der Waals surface area contributed by atoms with E-state index in [9.17, 15) is 23.4 Å². The van der Waals surface area contributed by atoms with E-state index in [0.717, 1.165) is 12.1 Å². The summed E-state index contributed by atoms with van der Waals surface area (Å²) in [5.74, 6) is -0.146. The topological polar surface area (TPSA) is 110 Å². The lowest BCUT2D eigenvalue weighted by Crippen LogP contribution is -2.47. The van der Waals surface area contributed by atoms with E-state index in [-0.39, 0.29) is 23.2 Å². The summed E-state index contributed by atoms with van der Waals surface area (Å²) in [4.78, 5) is 4.22. The number of ether oxygens (including phenoxy) is 1. The van der Waals surface area contributed by atoms with Crippen LogP contribution in [-0.2, 0) is 0 Å². The molecular weight excluding hydrogens is 377 g/mol. The number of nitrogens with one attached hydrogen (secondary N) is 3. The lowest BCUT2D eigenvalue weighted by molar-refractivity contribution is -0.274. The number of anilines is 2. The first-order valence-corrected chi connectivity index (χ1v) is 8.48. The number of rotatable bonds is 7. The second-order valence-electron chi connectivity index (χ2n) is 6.29. The minimum Gasteiger partial charge on any atom is -0.406 e. The van der Waals surface area contributed by atoms with Crippen LogP contribution >= 0.6 is 0 Å². The lowest BCUT2D eigenvalue weighted by Gasteiger charge is -2.30. The molecule has 1 fully saturated rings. The Hall–Kier alpha value is -2.69. The molecule has 3 rings (SSSR count). The number of aliphatic hydroxyl groups excluding tert-OH is 2. The first kappa shape index (κ1) is 20.1. The molecule has 0 aliphatic carbocycles. The maximum atomic E-state index is 12.3. The highest BCUT2D eigenvalue weighted by molar-refractivity contribution is 6.06. The number of benzene rings is 1. The predicted octanol–water partition coefficient (Wildman–Crippen LogP) is 2.34. The Kier molecular flexibility index (Phi) is 5.82. The Morgan fingerprint density at radius 3 is 2.50 bits per heavy atom. The van der Waals surface area contributed by atoms with E-state index < -0.39 is 19.1 Å². The summed E-state index contributed by atoms with van der Waals surface area (Å²) in [6.07, 6.45) is -4.54. The van der Waals surface area contributed by atoms with Gasteiger partial charge in [0.05, 0.1) is 6.61 Å². The third-order valence-corrected chi connectivity index (χ3v) is 4.32. The van der Waals surface area contributed by atoms with Crippen LogP contribution in [0.2, 0.25) is 0 Å². The molecule has 0 saturated carbocycles. The lowest BCUT2D eigenvalue weighted by atomic mass is 9.88. The van der Waals surface area contributed by atoms with Crippen LogP contribution in [0.25, 0.3) is 0 Å². The van der Waals surface area contributed by atoms with Gasteiger partial charge in [-0.3, -0.25) is 0 Å². The summed E-state index contributed by atoms with van der Waals surface area (Å²) >= 11 is 0. The van der Waals surface area contributed by atoms with Crippen molar-refractivity contribution in [2.45, 2.75) is 12.5 Å². The number of aliphatic hydroxyl groups is 2. The van der Waals surface area contributed by atoms with Gasteiger partial charge in [-0.15, -0.1) is 13.2 Å². The van der Waals surface area contributed by atoms with E-state index in [2.05, 4.69) is 20.4 Å². The molecule has 0 amide bonds. The van der Waals surface area contributed by atoms with Gasteiger partial charge in [0.15, 0.2) is 0 Å². The average Bonchev–Trinajstić information content (AvgIpc) is 2.59. The fourth-order valence-electron chi connectivity index (χ4n) is 2.80. The van der Waals surface area contributed by atoms with Crippen LogP contribution in [0.15, 0.2) is 36.5 Å². The highest BCUT2D eigenvalue weighted by Crippen LogP contribution is 2.30. The van der Waals surface area contributed by atoms with Crippen LogP contribution < -0.4 is 15.4 Å². The average molecular weight is 396 g/mol. The number of hydrogen-bond donors (Lipinski definition) is 5. The van der Waals surface area contributed by atoms with Gasteiger partial charge in [0.2, 0.25) is 0 Å². The Balaban J connectivity index is 1.89. The number of nitrogens with zero attached hydrogens (tertiary/aromatic N) is 1. The first-order valence-electron chi connectivity index (χ1n) is 8.48. The summed E-state index contributed by atoms with van der Waals surface area (Å²) < 4.78 is 40.7. The number of pyridine rings is 1. The van der Waals surface area contributed by atoms with Crippen LogP contribution in [0, 0.1) is 11.3 Å². The van der Waals surface area contributed by atoms with E-state index in [1.807, 2.05) is 0 Å². The van der Waals surface area contributed by atoms with E-state index >= 15 is 0 Å². The van der Waals surface area contributed by atoms with Crippen molar-refractivity contribution < 1.29 is 28.1 Å². The summed E-state index contributed by atoms with van der Waals surface area (Å²) in [6.45, 7) is 0.715. The molecule has 1 aliphatic heterocycles. The molecule has 1 aromatic heterocycles. The summed E-state index contributed by atoms with van der Waals surface area (Å²) in [5, 5.41) is 34.0. The molecule has 0 spiro atoms. The zero-order valence-corrected chi connectivity index (χ0v) is 14.6. The fraction of sp³-hybridized carbons (Fsp3) is 0.333. The molecule has 10 heteroatoms. The second kappa shape index (κ2) is 8.13. The summed E-state index contributed by atoms with van der Waals surface area (Å²) in [7, 11) is 0. The molecule has 2 heterocycles. The van der Waals surface area contributed by atoms with E-state index in [1.165, 1.54) is 24.4 Å². The Bertz CT molecular complexity index is 839. The van der Waals surface area contributed by atoms with Crippen molar-refractivity contribution in [2.75, 3.05) is 25.0 Å². The van der Waals surface area contributed by atoms with E-state index in [1.54, 1.807) is 0 Å². The number of hydrogen-bond acceptors (Lipinski definition) is 7. The van der Waals surface area contributed by atoms with Gasteiger partial charge in [0.1, 0.15) is 17.7 Å². The highest BCUT2D eigenvalue weighted by Gasteiger charge is 2.31. The Labute approximate surface area is 158 Å². The minimum atomic E-state index is -4.77. The molecule has 7 nitrogen and oxygen atoms in total. The predicted molar refractivity (Wildman–Crippen MR) is 95.9 cm³/mol. The van der Waals surface area contributed by atoms with Crippen molar-refractivity contribution in [2.24, 2.45) is 5.92 Å². The van der Waals surface area contributed by atoms with Gasteiger partial charge < -0.3 is 31.0 Å². The molecule has 150 valence electrons. The van der Waals surface area contributed by atoms with Gasteiger partial charge >= 0.3 is 6.36 Å². The molecule has 1 saturated heterocycles. The van der Waals surface area contributed by atoms with Crippen molar-refractivity contribution in [1.82, 2.24) is 10.3 Å². The summed E-state index contributed by atoms with van der Waals surface area (Å²) in [5.41, 5.74) is 1.41. The van der Waals surface area contributed by atoms with Gasteiger partial charge in [0.25, 0.3) is 0 Å². The molecule has 0 radical (unpaired) electrons. The highest BCUT2D eigenvalue weighted by atomic mass is 19.4. The zero-order valence-electron chi connectivity index (χ0n) is 14.6. The zero-order chi connectivity index (χ0) is 20.3. The Morgan fingerprint density at radius 1 is 1.29 bits per heavy atom. The maximum absolute atomic E-state index is 12.3. The van der Waals surface area contributed by atoms with Crippen LogP contribution in [0.3, 0.4) is 0 Å². The molecule has 1 aliphatic rings. The van der Waals surface area contributed by atoms with Crippen molar-refractivity contribution in [3.05, 3.63) is 47.7 Å². The fourth-order valence-corrected chi connectivity index (χ4v) is 2.80. The van der Waals surface area contributed by atoms with Gasteiger partial charge in [-0.25, -0.2) is 4.98 Å². The van der Waals surface area contributed by atoms with Crippen LogP contribution in [0.5, 0.6) is 5.75 Å². The molecule has 1 aromatic carbocycles. The van der Waals surface area contributed by atoms with Gasteiger partial charge in [-0.1, -0.05) is 0 Å². The third kappa shape index (κ3) is 4.58. The molecule has 5 N–H and O–H groups in total. The normalized spacial score (nSPS) is 15.6. The van der Waals surface area contributed by atoms with E-state index in [0.29, 0.717) is 29.9 Å². The molecule has 2 aromatic rings. The molecular formula is C18H19F3N4O3. The van der Waals surface area contributed by atoms with Crippen molar-refractivity contribution >= 4 is 17.2 Å². The second-order valence-corrected chi connectivity index (χ2v) is 6.29. The SMILES string of the molecule is N=C(c1c(C(O)CO)ccnc1Nc1ccc(OC(F)(F)F)cc1)C1CNC1. The summed E-state index contributed by atoms with van der Waals surface area (Å²) in [6, 6.07) is 6.61. The van der Waals surface area contributed by atoms with Gasteiger partial charge in [-0.05, 0) is 35.9 Å². The first-order chi connectivity index (χ1) is 13.3. The van der Waals surface area contributed by atoms with Crippen molar-refractivity contribution in [3.8, 4) is 5.75 Å².